The maximum absolute atomic E-state index is 14.5. The lowest BCUT2D eigenvalue weighted by Gasteiger charge is -2.38. The van der Waals surface area contributed by atoms with Crippen molar-refractivity contribution >= 4 is 188 Å². The Balaban J connectivity index is 0.000000611. The van der Waals surface area contributed by atoms with E-state index in [4.69, 9.17) is 72.4 Å². The molecule has 0 aromatic heterocycles. The van der Waals surface area contributed by atoms with Gasteiger partial charge in [-0.05, 0) is 262 Å². The van der Waals surface area contributed by atoms with Crippen LogP contribution in [0.3, 0.4) is 0 Å². The average molecular weight is 1940 g/mol. The fraction of sp³-hybridized carbons (Fsp3) is 1.00. The lowest BCUT2D eigenvalue weighted by molar-refractivity contribution is 0.103. The molecule has 40 heteroatoms. The summed E-state index contributed by atoms with van der Waals surface area (Å²) in [7, 11) is -26.1. The Morgan fingerprint density at radius 3 is 0.614 bits per heavy atom. The number of hydrogen-bond donors (Lipinski definition) is 0. The lowest BCUT2D eigenvalue weighted by Crippen LogP contribution is -2.28. The van der Waals surface area contributed by atoms with Gasteiger partial charge in [0.1, 0.15) is 0 Å². The van der Waals surface area contributed by atoms with Gasteiger partial charge in [0.2, 0.25) is 0 Å². The molecule has 0 heterocycles. The molecule has 0 saturated heterocycles. The van der Waals surface area contributed by atoms with Crippen LogP contribution >= 0.6 is 188 Å². The normalized spacial score (nSPS) is 18.3. The molecule has 4 fully saturated rings. The van der Waals surface area contributed by atoms with Gasteiger partial charge in [0.15, 0.2) is 0 Å². The standard InChI is InChI=1S/C21H36Br2O6P2.C13H28Br2O6P2.C9H20Br2O6P2.C5H12Br2O6P2/c22-21(23,30(24,26-17-9-1-2-10-17)27-18-11-3-4-12-18)31(25,28-19-13-5-6-14-19)29-20-15-7-8-16-20;1-9(2)18-22(16,19-10(3)4)13(14,15)23(17,20-11(5)6)21-12(7)8;1-5-14-18(12,15-6-2)9(10,11)19(13,16-7-3)17-8-4;1-10-14(8,11-2)5(6,7)15(9,12-3)13-4/h17-20H,1-16H2;9-12H,1-8H3;5-8H2,1-4H3;1-4H3. The van der Waals surface area contributed by atoms with Gasteiger partial charge in [-0.2, -0.15) is 0 Å². The third-order valence-corrected chi connectivity index (χ3v) is 54.0. The van der Waals surface area contributed by atoms with E-state index >= 15 is 0 Å². The van der Waals surface area contributed by atoms with E-state index < -0.39 is 96.0 Å². The zero-order valence-electron chi connectivity index (χ0n) is 53.2. The molecular formula is C48H96Br8O24P8. The van der Waals surface area contributed by atoms with Gasteiger partial charge >= 0.3 is 60.8 Å². The highest BCUT2D eigenvalue weighted by Crippen LogP contribution is 2.87. The molecule has 4 rings (SSSR count). The van der Waals surface area contributed by atoms with E-state index in [1.54, 1.807) is 83.1 Å². The summed E-state index contributed by atoms with van der Waals surface area (Å²) >= 11 is 25.7. The Hall–Kier alpha value is 5.04. The monoisotopic (exact) mass is 1940 g/mol. The van der Waals surface area contributed by atoms with E-state index in [1.807, 2.05) is 0 Å². The van der Waals surface area contributed by atoms with E-state index in [0.717, 1.165) is 131 Å². The minimum Gasteiger partial charge on any atom is -0.310 e. The van der Waals surface area contributed by atoms with Gasteiger partial charge in [0.25, 0.3) is 10.9 Å². The first-order valence-electron chi connectivity index (χ1n) is 29.1. The van der Waals surface area contributed by atoms with Gasteiger partial charge in [0.05, 0.1) is 75.3 Å². The van der Waals surface area contributed by atoms with Gasteiger partial charge < -0.3 is 72.4 Å². The quantitative estimate of drug-likeness (QED) is 0.0416. The third-order valence-electron chi connectivity index (χ3n) is 12.6. The summed E-state index contributed by atoms with van der Waals surface area (Å²) in [5, 5.41) is 0. The van der Waals surface area contributed by atoms with Crippen LogP contribution in [0, 0.1) is 0 Å². The van der Waals surface area contributed by atoms with Gasteiger partial charge in [0, 0.05) is 28.4 Å². The Labute approximate surface area is 591 Å². The van der Waals surface area contributed by atoms with Crippen LogP contribution in [0.25, 0.3) is 0 Å². The molecule has 0 aliphatic heterocycles. The zero-order valence-corrected chi connectivity index (χ0v) is 73.0. The topological polar surface area (TPSA) is 284 Å². The predicted octanol–water partition coefficient (Wildman–Crippen LogP) is 23.4. The molecule has 528 valence electrons. The fourth-order valence-corrected chi connectivity index (χ4v) is 35.4. The summed E-state index contributed by atoms with van der Waals surface area (Å²) in [6.07, 6.45) is 12.7. The molecule has 0 aromatic carbocycles. The highest BCUT2D eigenvalue weighted by atomic mass is 79.9. The van der Waals surface area contributed by atoms with E-state index in [1.165, 1.54) is 0 Å². The lowest BCUT2D eigenvalue weighted by atomic mass is 10.3. The zero-order chi connectivity index (χ0) is 68.1. The van der Waals surface area contributed by atoms with Crippen molar-refractivity contribution in [3.05, 3.63) is 0 Å². The summed E-state index contributed by atoms with van der Waals surface area (Å²) in [5.74, 6) is 0. The van der Waals surface area contributed by atoms with Crippen LogP contribution < -0.4 is 0 Å². The minimum absolute atomic E-state index is 0.133. The molecule has 0 unspecified atom stereocenters. The van der Waals surface area contributed by atoms with Crippen molar-refractivity contribution < 1.29 is 109 Å². The second kappa shape index (κ2) is 40.6. The maximum atomic E-state index is 14.5. The van der Waals surface area contributed by atoms with Crippen LogP contribution in [0.2, 0.25) is 0 Å². The van der Waals surface area contributed by atoms with Crippen molar-refractivity contribution in [2.45, 2.75) is 246 Å². The highest BCUT2D eigenvalue weighted by molar-refractivity contribution is 9.30. The molecular weight excluding hydrogens is 1850 g/mol. The molecule has 24 nitrogen and oxygen atoms in total. The van der Waals surface area contributed by atoms with Crippen LogP contribution in [-0.4, -0.2) is 115 Å². The summed E-state index contributed by atoms with van der Waals surface area (Å²) < 4.78 is 185. The van der Waals surface area contributed by atoms with Gasteiger partial charge in [-0.1, -0.05) is 51.4 Å². The Kier molecular flexibility index (Phi) is 42.0. The molecule has 88 heavy (non-hydrogen) atoms. The van der Waals surface area contributed by atoms with E-state index in [2.05, 4.69) is 127 Å². The van der Waals surface area contributed by atoms with Crippen molar-refractivity contribution in [2.24, 2.45) is 0 Å². The molecule has 0 bridgehead atoms. The minimum atomic E-state index is -3.95. The highest BCUT2D eigenvalue weighted by Gasteiger charge is 2.68. The number of alkyl halides is 8. The molecule has 0 amide bonds. The van der Waals surface area contributed by atoms with Gasteiger partial charge in [-0.25, -0.2) is 0 Å². The van der Waals surface area contributed by atoms with Crippen LogP contribution in [0.4, 0.5) is 0 Å². The molecule has 0 radical (unpaired) electrons. The van der Waals surface area contributed by atoms with Crippen molar-refractivity contribution in [1.82, 2.24) is 0 Å². The largest absolute Gasteiger partial charge is 0.370 e. The Morgan fingerprint density at radius 1 is 0.295 bits per heavy atom. The average Bonchev–Trinajstić information content (AvgIpc) is 4.31. The second-order valence-electron chi connectivity index (χ2n) is 21.1. The Morgan fingerprint density at radius 2 is 0.455 bits per heavy atom. The van der Waals surface area contributed by atoms with Crippen molar-refractivity contribution in [3.8, 4) is 0 Å². The molecule has 0 aromatic rings. The van der Waals surface area contributed by atoms with Crippen molar-refractivity contribution in [1.29, 1.82) is 0 Å². The third kappa shape index (κ3) is 24.6. The molecule has 4 saturated carbocycles. The number of rotatable bonds is 36. The summed E-state index contributed by atoms with van der Waals surface area (Å²) in [4.78, 5) is 0. The first-order chi connectivity index (χ1) is 40.5. The summed E-state index contributed by atoms with van der Waals surface area (Å²) in [5.41, 5.74) is 0. The van der Waals surface area contributed by atoms with E-state index in [0.29, 0.717) is 0 Å². The van der Waals surface area contributed by atoms with E-state index in [9.17, 15) is 36.5 Å². The fourth-order valence-electron chi connectivity index (χ4n) is 8.73. The van der Waals surface area contributed by atoms with Crippen LogP contribution in [0.15, 0.2) is 0 Å². The van der Waals surface area contributed by atoms with Gasteiger partial charge in [-0.15, -0.1) is 0 Å². The van der Waals surface area contributed by atoms with Crippen LogP contribution in [0.1, 0.15) is 186 Å². The van der Waals surface area contributed by atoms with Gasteiger partial charge in [-0.3, -0.25) is 36.5 Å². The summed E-state index contributed by atoms with van der Waals surface area (Å²) in [6.45, 7) is 20.9. The number of halogens is 8. The molecule has 4 aliphatic carbocycles. The second-order valence-corrected chi connectivity index (χ2v) is 63.6. The molecule has 0 N–H and O–H groups in total. The smallest absolute Gasteiger partial charge is 0.310 e. The first-order valence-corrected chi connectivity index (χ1v) is 47.8. The molecule has 0 spiro atoms. The summed E-state index contributed by atoms with van der Waals surface area (Å²) in [6, 6.07) is 0. The SMILES string of the molecule is CC(C)OP(=O)(OC(C)C)C(Br)(Br)P(=O)(OC(C)C)OC(C)C.CCOP(=O)(OCC)C(Br)(Br)P(=O)(OCC)OCC.COP(=O)(OC)C(Br)(Br)P(=O)(OC)OC.O=P(OC1CCCC1)(OC1CCCC1)C(Br)(Br)P(=O)(OC1CCCC1)OC1CCCC1. The predicted molar refractivity (Wildman–Crippen MR) is 376 cm³/mol. The van der Waals surface area contributed by atoms with Crippen LogP contribution in [0.5, 0.6) is 0 Å². The van der Waals surface area contributed by atoms with Crippen molar-refractivity contribution in [2.75, 3.05) is 54.9 Å². The van der Waals surface area contributed by atoms with E-state index in [-0.39, 0.29) is 50.8 Å². The maximum Gasteiger partial charge on any atom is 0.370 e. The Bertz CT molecular complexity index is 2200. The molecule has 4 aliphatic rings. The van der Waals surface area contributed by atoms with Crippen LogP contribution in [-0.2, 0) is 109 Å². The number of hydrogen-bond acceptors (Lipinski definition) is 24. The van der Waals surface area contributed by atoms with Crippen molar-refractivity contribution in [3.63, 3.8) is 0 Å². The first kappa shape index (κ1) is 91.1. The molecule has 0 atom stereocenters.